The molecule has 0 saturated carbocycles. The van der Waals surface area contributed by atoms with Gasteiger partial charge in [-0.2, -0.15) is 0 Å². The van der Waals surface area contributed by atoms with Gasteiger partial charge in [-0.05, 0) is 30.3 Å². The number of amides is 2. The summed E-state index contributed by atoms with van der Waals surface area (Å²) in [6, 6.07) is 12.7. The molecule has 2 amide bonds. The average molecular weight is 379 g/mol. The molecular weight excluding hydrogens is 358 g/mol. The molecule has 3 aliphatic heterocycles. The van der Waals surface area contributed by atoms with Crippen molar-refractivity contribution in [2.75, 3.05) is 36.9 Å². The zero-order valence-electron chi connectivity index (χ0n) is 15.4. The second-order valence-corrected chi connectivity index (χ2v) is 7.28. The van der Waals surface area contributed by atoms with E-state index in [9.17, 15) is 9.59 Å². The van der Waals surface area contributed by atoms with Crippen LogP contribution in [0.2, 0.25) is 0 Å². The summed E-state index contributed by atoms with van der Waals surface area (Å²) in [4.78, 5) is 27.3. The molecule has 7 nitrogen and oxygen atoms in total. The first-order valence-electron chi connectivity index (χ1n) is 9.52. The van der Waals surface area contributed by atoms with Gasteiger partial charge in [0, 0.05) is 31.5 Å². The molecule has 0 atom stereocenters. The Kier molecular flexibility index (Phi) is 4.07. The van der Waals surface area contributed by atoms with Gasteiger partial charge in [0.1, 0.15) is 0 Å². The quantitative estimate of drug-likeness (QED) is 0.796. The molecule has 2 fully saturated rings. The summed E-state index contributed by atoms with van der Waals surface area (Å²) in [5, 5.41) is 6.17. The summed E-state index contributed by atoms with van der Waals surface area (Å²) in [6.07, 6.45) is 1.36. The molecule has 2 N–H and O–H groups in total. The number of hydrogen-bond donors (Lipinski definition) is 2. The molecule has 1 spiro atoms. The van der Waals surface area contributed by atoms with Crippen LogP contribution in [0.25, 0.3) is 0 Å². The summed E-state index contributed by atoms with van der Waals surface area (Å²) in [5.41, 5.74) is 3.24. The van der Waals surface area contributed by atoms with E-state index < -0.39 is 5.79 Å². The van der Waals surface area contributed by atoms with E-state index in [0.717, 1.165) is 11.4 Å². The molecule has 28 heavy (non-hydrogen) atoms. The number of nitrogens with one attached hydrogen (secondary N) is 2. The van der Waals surface area contributed by atoms with Gasteiger partial charge in [-0.1, -0.05) is 12.1 Å². The van der Waals surface area contributed by atoms with Gasteiger partial charge in [0.05, 0.1) is 35.8 Å². The maximum Gasteiger partial charge on any atom is 0.257 e. The summed E-state index contributed by atoms with van der Waals surface area (Å²) < 4.78 is 11.5. The fourth-order valence-corrected chi connectivity index (χ4v) is 4.03. The number of benzene rings is 2. The van der Waals surface area contributed by atoms with Crippen molar-refractivity contribution >= 4 is 28.9 Å². The van der Waals surface area contributed by atoms with Crippen LogP contribution in [-0.4, -0.2) is 48.8 Å². The molecule has 0 radical (unpaired) electrons. The van der Waals surface area contributed by atoms with E-state index in [-0.39, 0.29) is 11.8 Å². The number of para-hydroxylation sites is 1. The van der Waals surface area contributed by atoms with Gasteiger partial charge in [0.2, 0.25) is 0 Å². The van der Waals surface area contributed by atoms with E-state index in [1.807, 2.05) is 29.2 Å². The molecule has 0 unspecified atom stereocenters. The van der Waals surface area contributed by atoms with E-state index in [2.05, 4.69) is 10.6 Å². The molecule has 144 valence electrons. The first-order valence-corrected chi connectivity index (χ1v) is 9.52. The molecular formula is C21H21N3O4. The Morgan fingerprint density at radius 2 is 1.68 bits per heavy atom. The Bertz CT molecular complexity index is 942. The number of hydrogen-bond acceptors (Lipinski definition) is 5. The highest BCUT2D eigenvalue weighted by Crippen LogP contribution is 2.34. The van der Waals surface area contributed by atoms with Crippen molar-refractivity contribution in [1.29, 1.82) is 0 Å². The van der Waals surface area contributed by atoms with Crippen molar-refractivity contribution in [3.05, 3.63) is 53.6 Å². The highest BCUT2D eigenvalue weighted by Gasteiger charge is 2.40. The van der Waals surface area contributed by atoms with Crippen LogP contribution in [-0.2, 0) is 9.47 Å². The van der Waals surface area contributed by atoms with Gasteiger partial charge in [0.15, 0.2) is 5.79 Å². The van der Waals surface area contributed by atoms with Crippen LogP contribution in [0.4, 0.5) is 17.1 Å². The zero-order chi connectivity index (χ0) is 19.1. The third-order valence-corrected chi connectivity index (χ3v) is 5.58. The fraction of sp³-hybridized carbons (Fsp3) is 0.333. The van der Waals surface area contributed by atoms with Crippen LogP contribution in [0.1, 0.15) is 33.6 Å². The van der Waals surface area contributed by atoms with E-state index in [0.29, 0.717) is 56.0 Å². The minimum absolute atomic E-state index is 0.0494. The van der Waals surface area contributed by atoms with Gasteiger partial charge in [-0.25, -0.2) is 0 Å². The molecule has 3 aliphatic rings. The minimum Gasteiger partial charge on any atom is -0.353 e. The summed E-state index contributed by atoms with van der Waals surface area (Å²) in [6.45, 7) is 2.42. The Hall–Kier alpha value is -2.90. The molecule has 5 rings (SSSR count). The minimum atomic E-state index is -0.506. The van der Waals surface area contributed by atoms with E-state index in [1.165, 1.54) is 0 Å². The number of carbonyl (C=O) groups excluding carboxylic acids is 2. The fourth-order valence-electron chi connectivity index (χ4n) is 4.03. The summed E-state index contributed by atoms with van der Waals surface area (Å²) >= 11 is 0. The summed E-state index contributed by atoms with van der Waals surface area (Å²) in [5.74, 6) is -0.748. The standard InChI is InChI=1S/C21H21N3O4/c25-19-15-3-1-2-4-16(15)22-17-6-5-14(13-18(17)23-19)20(26)24-9-7-21(8-10-24)27-11-12-28-21/h1-6,13,22H,7-12H2,(H,23,25). The normalized spacial score (nSPS) is 20.0. The Labute approximate surface area is 162 Å². The molecule has 0 aliphatic carbocycles. The lowest BCUT2D eigenvalue weighted by molar-refractivity contribution is -0.181. The number of piperidine rings is 1. The lowest BCUT2D eigenvalue weighted by Gasteiger charge is -2.37. The smallest absolute Gasteiger partial charge is 0.257 e. The van der Waals surface area contributed by atoms with Crippen LogP contribution in [0.5, 0.6) is 0 Å². The highest BCUT2D eigenvalue weighted by molar-refractivity contribution is 6.12. The molecule has 2 aromatic rings. The van der Waals surface area contributed by atoms with Gasteiger partial charge >= 0.3 is 0 Å². The van der Waals surface area contributed by atoms with Crippen LogP contribution < -0.4 is 10.6 Å². The lowest BCUT2D eigenvalue weighted by atomic mass is 10.0. The van der Waals surface area contributed by atoms with Crippen LogP contribution >= 0.6 is 0 Å². The van der Waals surface area contributed by atoms with E-state index in [4.69, 9.17) is 9.47 Å². The molecule has 2 aromatic carbocycles. The second-order valence-electron chi connectivity index (χ2n) is 7.28. The number of rotatable bonds is 1. The number of ether oxygens (including phenoxy) is 2. The largest absolute Gasteiger partial charge is 0.353 e. The predicted molar refractivity (Wildman–Crippen MR) is 104 cm³/mol. The summed E-state index contributed by atoms with van der Waals surface area (Å²) in [7, 11) is 0. The van der Waals surface area contributed by atoms with Crippen LogP contribution in [0.15, 0.2) is 42.5 Å². The van der Waals surface area contributed by atoms with Gasteiger partial charge < -0.3 is 25.0 Å². The van der Waals surface area contributed by atoms with Crippen LogP contribution in [0, 0.1) is 0 Å². The second kappa shape index (κ2) is 6.61. The first-order chi connectivity index (χ1) is 13.6. The van der Waals surface area contributed by atoms with Crippen LogP contribution in [0.3, 0.4) is 0 Å². The number of carbonyl (C=O) groups is 2. The van der Waals surface area contributed by atoms with Gasteiger partial charge in [-0.15, -0.1) is 0 Å². The topological polar surface area (TPSA) is 79.9 Å². The molecule has 0 aromatic heterocycles. The number of fused-ring (bicyclic) bond motifs is 2. The predicted octanol–water partition coefficient (Wildman–Crippen LogP) is 2.98. The van der Waals surface area contributed by atoms with Crippen molar-refractivity contribution in [3.63, 3.8) is 0 Å². The Balaban J connectivity index is 1.36. The molecule has 0 bridgehead atoms. The molecule has 2 saturated heterocycles. The highest BCUT2D eigenvalue weighted by atomic mass is 16.7. The van der Waals surface area contributed by atoms with Gasteiger partial charge in [0.25, 0.3) is 11.8 Å². The van der Waals surface area contributed by atoms with Crippen molar-refractivity contribution in [2.45, 2.75) is 18.6 Å². The molecule has 7 heteroatoms. The third kappa shape index (κ3) is 2.93. The van der Waals surface area contributed by atoms with Crippen molar-refractivity contribution in [3.8, 4) is 0 Å². The zero-order valence-corrected chi connectivity index (χ0v) is 15.4. The average Bonchev–Trinajstić information content (AvgIpc) is 3.11. The number of likely N-dealkylation sites (tertiary alicyclic amines) is 1. The Morgan fingerprint density at radius 3 is 2.46 bits per heavy atom. The third-order valence-electron chi connectivity index (χ3n) is 5.58. The SMILES string of the molecule is O=C1Nc2cc(C(=O)N3CCC4(CC3)OCCO4)ccc2Nc2ccccc21. The Morgan fingerprint density at radius 1 is 0.929 bits per heavy atom. The lowest BCUT2D eigenvalue weighted by Crippen LogP contribution is -2.47. The maximum atomic E-state index is 13.0. The van der Waals surface area contributed by atoms with Crippen molar-refractivity contribution < 1.29 is 19.1 Å². The monoisotopic (exact) mass is 379 g/mol. The maximum absolute atomic E-state index is 13.0. The van der Waals surface area contributed by atoms with E-state index in [1.54, 1.807) is 18.2 Å². The van der Waals surface area contributed by atoms with Crippen molar-refractivity contribution in [1.82, 2.24) is 4.90 Å². The van der Waals surface area contributed by atoms with Gasteiger partial charge in [-0.3, -0.25) is 9.59 Å². The molecule has 3 heterocycles. The number of nitrogens with zero attached hydrogens (tertiary/aromatic N) is 1. The number of anilines is 3. The van der Waals surface area contributed by atoms with Crippen molar-refractivity contribution in [2.24, 2.45) is 0 Å². The first kappa shape index (κ1) is 17.2. The van der Waals surface area contributed by atoms with E-state index >= 15 is 0 Å².